The minimum Gasteiger partial charge on any atom is -0.469 e. The molecule has 0 amide bonds. The molecule has 0 aromatic carbocycles. The summed E-state index contributed by atoms with van der Waals surface area (Å²) < 4.78 is 5.04. The van der Waals surface area contributed by atoms with Gasteiger partial charge in [0.15, 0.2) is 0 Å². The van der Waals surface area contributed by atoms with E-state index >= 15 is 0 Å². The second-order valence-electron chi connectivity index (χ2n) is 2.87. The molecule has 0 aliphatic carbocycles. The van der Waals surface area contributed by atoms with Crippen LogP contribution in [0.15, 0.2) is 35.3 Å². The number of hydrogen-bond acceptors (Lipinski definition) is 4. The van der Waals surface area contributed by atoms with E-state index in [2.05, 4.69) is 9.97 Å². The van der Waals surface area contributed by atoms with E-state index in [0.717, 1.165) is 0 Å². The van der Waals surface area contributed by atoms with Crippen LogP contribution in [0, 0.1) is 6.92 Å². The van der Waals surface area contributed by atoms with Crippen LogP contribution in [-0.2, 0) is 0 Å². The molecule has 0 N–H and O–H groups in total. The molecule has 0 saturated carbocycles. The third-order valence-electron chi connectivity index (χ3n) is 1.79. The minimum atomic E-state index is -0.171. The normalized spacial score (nSPS) is 10.1. The van der Waals surface area contributed by atoms with Crippen LogP contribution in [0.5, 0.6) is 0 Å². The summed E-state index contributed by atoms with van der Waals surface area (Å²) in [5, 5.41) is 0. The van der Waals surface area contributed by atoms with Crippen LogP contribution in [0.3, 0.4) is 0 Å². The Balaban J connectivity index is 2.34. The molecule has 2 aromatic rings. The molecule has 0 saturated heterocycles. The fourth-order valence-corrected chi connectivity index (χ4v) is 1.13. The smallest absolute Gasteiger partial charge is 0.216 e. The van der Waals surface area contributed by atoms with Gasteiger partial charge in [-0.25, -0.2) is 4.98 Å². The zero-order valence-corrected chi connectivity index (χ0v) is 7.60. The van der Waals surface area contributed by atoms with E-state index in [-0.39, 0.29) is 5.78 Å². The Morgan fingerprint density at radius 1 is 1.43 bits per heavy atom. The van der Waals surface area contributed by atoms with E-state index in [1.807, 2.05) is 0 Å². The Bertz CT molecular complexity index is 448. The number of carbonyl (C=O) groups is 1. The van der Waals surface area contributed by atoms with Gasteiger partial charge < -0.3 is 4.42 Å². The van der Waals surface area contributed by atoms with Gasteiger partial charge in [-0.2, -0.15) is 0 Å². The van der Waals surface area contributed by atoms with Crippen molar-refractivity contribution < 1.29 is 9.21 Å². The van der Waals surface area contributed by atoms with Crippen LogP contribution in [0.2, 0.25) is 0 Å². The number of nitrogens with zero attached hydrogens (tertiary/aromatic N) is 2. The molecule has 2 aromatic heterocycles. The van der Waals surface area contributed by atoms with Crippen molar-refractivity contribution in [3.8, 4) is 0 Å². The molecule has 0 spiro atoms. The third kappa shape index (κ3) is 1.54. The molecule has 0 radical (unpaired) electrons. The maximum atomic E-state index is 11.7. The topological polar surface area (TPSA) is 56.0 Å². The van der Waals surface area contributed by atoms with Crippen LogP contribution in [0.1, 0.15) is 21.8 Å². The van der Waals surface area contributed by atoms with E-state index in [1.54, 1.807) is 13.0 Å². The van der Waals surface area contributed by atoms with Crippen molar-refractivity contribution in [2.24, 2.45) is 0 Å². The summed E-state index contributed by atoms with van der Waals surface area (Å²) >= 11 is 0. The fourth-order valence-electron chi connectivity index (χ4n) is 1.13. The van der Waals surface area contributed by atoms with Crippen LogP contribution in [-0.4, -0.2) is 15.8 Å². The van der Waals surface area contributed by atoms with Gasteiger partial charge in [0.05, 0.1) is 11.8 Å². The molecule has 0 bridgehead atoms. The lowest BCUT2D eigenvalue weighted by atomic mass is 10.1. The number of rotatable bonds is 2. The standard InChI is InChI=1S/C10H8N2O2/c1-7-4-8(6-14-7)10(13)9-5-11-2-3-12-9/h2-6H,1H3. The second kappa shape index (κ2) is 3.41. The zero-order valence-electron chi connectivity index (χ0n) is 7.60. The number of hydrogen-bond donors (Lipinski definition) is 0. The van der Waals surface area contributed by atoms with Crippen molar-refractivity contribution >= 4 is 5.78 Å². The van der Waals surface area contributed by atoms with Gasteiger partial charge >= 0.3 is 0 Å². The first-order valence-corrected chi connectivity index (χ1v) is 4.13. The molecule has 4 nitrogen and oxygen atoms in total. The van der Waals surface area contributed by atoms with Crippen LogP contribution >= 0.6 is 0 Å². The summed E-state index contributed by atoms with van der Waals surface area (Å²) in [5.74, 6) is 0.534. The number of carbonyl (C=O) groups excluding carboxylic acids is 1. The number of ketones is 1. The Labute approximate surface area is 80.6 Å². The third-order valence-corrected chi connectivity index (χ3v) is 1.79. The fraction of sp³-hybridized carbons (Fsp3) is 0.100. The first-order valence-electron chi connectivity index (χ1n) is 4.13. The lowest BCUT2D eigenvalue weighted by Crippen LogP contribution is -2.02. The SMILES string of the molecule is Cc1cc(C(=O)c2cnccn2)co1. The van der Waals surface area contributed by atoms with Crippen molar-refractivity contribution in [3.63, 3.8) is 0 Å². The largest absolute Gasteiger partial charge is 0.469 e. The predicted molar refractivity (Wildman–Crippen MR) is 48.9 cm³/mol. The Kier molecular flexibility index (Phi) is 2.10. The molecule has 0 aliphatic rings. The van der Waals surface area contributed by atoms with E-state index in [4.69, 9.17) is 4.42 Å². The molecular formula is C10H8N2O2. The van der Waals surface area contributed by atoms with E-state index < -0.39 is 0 Å². The van der Waals surface area contributed by atoms with Crippen LogP contribution < -0.4 is 0 Å². The van der Waals surface area contributed by atoms with E-state index in [0.29, 0.717) is 17.0 Å². The van der Waals surface area contributed by atoms with Crippen molar-refractivity contribution in [2.75, 3.05) is 0 Å². The molecule has 0 fully saturated rings. The second-order valence-corrected chi connectivity index (χ2v) is 2.87. The van der Waals surface area contributed by atoms with E-state index in [9.17, 15) is 4.79 Å². The van der Waals surface area contributed by atoms with Gasteiger partial charge in [0, 0.05) is 12.4 Å². The van der Waals surface area contributed by atoms with Gasteiger partial charge in [-0.05, 0) is 13.0 Å². The molecular weight excluding hydrogens is 180 g/mol. The van der Waals surface area contributed by atoms with Crippen LogP contribution in [0.4, 0.5) is 0 Å². The van der Waals surface area contributed by atoms with E-state index in [1.165, 1.54) is 24.9 Å². The number of furan rings is 1. The summed E-state index contributed by atoms with van der Waals surface area (Å²) in [6, 6.07) is 1.68. The summed E-state index contributed by atoms with van der Waals surface area (Å²) in [7, 11) is 0. The molecule has 0 aliphatic heterocycles. The lowest BCUT2D eigenvalue weighted by molar-refractivity contribution is 0.103. The molecule has 2 heterocycles. The highest BCUT2D eigenvalue weighted by molar-refractivity contribution is 6.07. The zero-order chi connectivity index (χ0) is 9.97. The molecule has 4 heteroatoms. The molecule has 0 atom stereocenters. The van der Waals surface area contributed by atoms with Crippen molar-refractivity contribution in [3.05, 3.63) is 47.9 Å². The minimum absolute atomic E-state index is 0.171. The Morgan fingerprint density at radius 3 is 2.86 bits per heavy atom. The maximum Gasteiger partial charge on any atom is 0.216 e. The molecule has 2 rings (SSSR count). The van der Waals surface area contributed by atoms with Gasteiger partial charge in [-0.1, -0.05) is 0 Å². The van der Waals surface area contributed by atoms with Crippen molar-refractivity contribution in [2.45, 2.75) is 6.92 Å². The Morgan fingerprint density at radius 2 is 2.29 bits per heavy atom. The Hall–Kier alpha value is -1.97. The monoisotopic (exact) mass is 188 g/mol. The highest BCUT2D eigenvalue weighted by atomic mass is 16.3. The highest BCUT2D eigenvalue weighted by Crippen LogP contribution is 2.10. The number of aromatic nitrogens is 2. The van der Waals surface area contributed by atoms with Crippen molar-refractivity contribution in [1.29, 1.82) is 0 Å². The van der Waals surface area contributed by atoms with Gasteiger partial charge in [0.1, 0.15) is 17.7 Å². The highest BCUT2D eigenvalue weighted by Gasteiger charge is 2.12. The predicted octanol–water partition coefficient (Wildman–Crippen LogP) is 1.61. The molecule has 14 heavy (non-hydrogen) atoms. The maximum absolute atomic E-state index is 11.7. The van der Waals surface area contributed by atoms with Gasteiger partial charge in [-0.3, -0.25) is 9.78 Å². The molecule has 0 unspecified atom stereocenters. The first-order chi connectivity index (χ1) is 6.77. The first kappa shape index (κ1) is 8.62. The average molecular weight is 188 g/mol. The lowest BCUT2D eigenvalue weighted by Gasteiger charge is -1.93. The summed E-state index contributed by atoms with van der Waals surface area (Å²) in [5.41, 5.74) is 0.830. The van der Waals surface area contributed by atoms with Crippen LogP contribution in [0.25, 0.3) is 0 Å². The summed E-state index contributed by atoms with van der Waals surface area (Å²) in [6.07, 6.45) is 5.87. The summed E-state index contributed by atoms with van der Waals surface area (Å²) in [6.45, 7) is 1.79. The quantitative estimate of drug-likeness (QED) is 0.672. The average Bonchev–Trinajstić information content (AvgIpc) is 2.65. The molecule has 70 valence electrons. The summed E-state index contributed by atoms with van der Waals surface area (Å²) in [4.78, 5) is 19.4. The van der Waals surface area contributed by atoms with Gasteiger partial charge in [-0.15, -0.1) is 0 Å². The van der Waals surface area contributed by atoms with Gasteiger partial charge in [0.25, 0.3) is 0 Å². The van der Waals surface area contributed by atoms with Crippen molar-refractivity contribution in [1.82, 2.24) is 9.97 Å². The number of aryl methyl sites for hydroxylation is 1. The van der Waals surface area contributed by atoms with Gasteiger partial charge in [0.2, 0.25) is 5.78 Å².